The highest BCUT2D eigenvalue weighted by atomic mass is 16.2. The number of amides is 1. The van der Waals surface area contributed by atoms with Gasteiger partial charge >= 0.3 is 0 Å². The number of aliphatic hydroxyl groups excluding tert-OH is 1. The third kappa shape index (κ3) is 8.68. The molecule has 0 radical (unpaired) electrons. The summed E-state index contributed by atoms with van der Waals surface area (Å²) in [6.07, 6.45) is 2.25. The van der Waals surface area contributed by atoms with E-state index in [0.717, 1.165) is 25.9 Å². The number of rotatable bonds is 9. The average molecular weight is 230 g/mol. The van der Waals surface area contributed by atoms with E-state index in [1.807, 2.05) is 6.92 Å². The maximum Gasteiger partial charge on any atom is 0.221 e. The fraction of sp³-hybridized carbons (Fsp3) is 0.917. The summed E-state index contributed by atoms with van der Waals surface area (Å²) in [5, 5.41) is 14.8. The fourth-order valence-electron chi connectivity index (χ4n) is 1.45. The van der Waals surface area contributed by atoms with Crippen LogP contribution >= 0.6 is 0 Å². The summed E-state index contributed by atoms with van der Waals surface area (Å²) >= 11 is 0. The molecule has 4 nitrogen and oxygen atoms in total. The van der Waals surface area contributed by atoms with Crippen LogP contribution in [0.2, 0.25) is 0 Å². The Labute approximate surface area is 98.8 Å². The first-order valence-corrected chi connectivity index (χ1v) is 6.10. The normalized spacial score (nSPS) is 11.5. The van der Waals surface area contributed by atoms with E-state index in [2.05, 4.69) is 24.5 Å². The second-order valence-electron chi connectivity index (χ2n) is 4.87. The van der Waals surface area contributed by atoms with E-state index in [1.54, 1.807) is 0 Å². The SMILES string of the molecule is CCNCCC(=O)NCC(C)(C)CCCO. The highest BCUT2D eigenvalue weighted by Crippen LogP contribution is 2.20. The van der Waals surface area contributed by atoms with E-state index >= 15 is 0 Å². The molecule has 0 aromatic heterocycles. The van der Waals surface area contributed by atoms with Crippen molar-refractivity contribution in [2.75, 3.05) is 26.2 Å². The molecular weight excluding hydrogens is 204 g/mol. The maximum atomic E-state index is 11.4. The smallest absolute Gasteiger partial charge is 0.221 e. The molecule has 0 spiro atoms. The van der Waals surface area contributed by atoms with Crippen molar-refractivity contribution in [3.05, 3.63) is 0 Å². The van der Waals surface area contributed by atoms with Crippen LogP contribution in [0.25, 0.3) is 0 Å². The van der Waals surface area contributed by atoms with Crippen LogP contribution in [0.15, 0.2) is 0 Å². The van der Waals surface area contributed by atoms with Gasteiger partial charge in [0.25, 0.3) is 0 Å². The van der Waals surface area contributed by atoms with Gasteiger partial charge in [0.1, 0.15) is 0 Å². The molecule has 0 aliphatic carbocycles. The third-order valence-corrected chi connectivity index (χ3v) is 2.55. The van der Waals surface area contributed by atoms with Crippen LogP contribution < -0.4 is 10.6 Å². The summed E-state index contributed by atoms with van der Waals surface area (Å²) in [7, 11) is 0. The lowest BCUT2D eigenvalue weighted by Gasteiger charge is -2.24. The summed E-state index contributed by atoms with van der Waals surface area (Å²) in [5.41, 5.74) is 0.0660. The molecule has 3 N–H and O–H groups in total. The number of carbonyl (C=O) groups is 1. The summed E-state index contributed by atoms with van der Waals surface area (Å²) < 4.78 is 0. The van der Waals surface area contributed by atoms with Gasteiger partial charge in [-0.2, -0.15) is 0 Å². The fourth-order valence-corrected chi connectivity index (χ4v) is 1.45. The zero-order chi connectivity index (χ0) is 12.4. The monoisotopic (exact) mass is 230 g/mol. The Morgan fingerprint density at radius 2 is 2.06 bits per heavy atom. The van der Waals surface area contributed by atoms with Gasteiger partial charge < -0.3 is 15.7 Å². The number of carbonyl (C=O) groups excluding carboxylic acids is 1. The van der Waals surface area contributed by atoms with E-state index in [0.29, 0.717) is 13.0 Å². The number of hydrogen-bond acceptors (Lipinski definition) is 3. The summed E-state index contributed by atoms with van der Waals surface area (Å²) in [6.45, 7) is 8.76. The number of aliphatic hydroxyl groups is 1. The average Bonchev–Trinajstić information content (AvgIpc) is 2.24. The van der Waals surface area contributed by atoms with E-state index in [1.165, 1.54) is 0 Å². The van der Waals surface area contributed by atoms with E-state index in [9.17, 15) is 4.79 Å². The van der Waals surface area contributed by atoms with Crippen LogP contribution in [-0.4, -0.2) is 37.3 Å². The third-order valence-electron chi connectivity index (χ3n) is 2.55. The summed E-state index contributed by atoms with van der Waals surface area (Å²) in [5.74, 6) is 0.0954. The molecule has 16 heavy (non-hydrogen) atoms. The van der Waals surface area contributed by atoms with Crippen molar-refractivity contribution < 1.29 is 9.90 Å². The summed E-state index contributed by atoms with van der Waals surface area (Å²) in [4.78, 5) is 11.4. The van der Waals surface area contributed by atoms with Crippen LogP contribution in [0, 0.1) is 5.41 Å². The van der Waals surface area contributed by atoms with E-state index < -0.39 is 0 Å². The predicted octanol–water partition coefficient (Wildman–Crippen LogP) is 0.901. The lowest BCUT2D eigenvalue weighted by molar-refractivity contribution is -0.121. The highest BCUT2D eigenvalue weighted by molar-refractivity contribution is 5.76. The second-order valence-corrected chi connectivity index (χ2v) is 4.87. The van der Waals surface area contributed by atoms with Crippen LogP contribution in [0.5, 0.6) is 0 Å². The Balaban J connectivity index is 3.64. The van der Waals surface area contributed by atoms with Crippen molar-refractivity contribution in [3.63, 3.8) is 0 Å². The molecule has 0 unspecified atom stereocenters. The predicted molar refractivity (Wildman–Crippen MR) is 66.3 cm³/mol. The molecular formula is C12H26N2O2. The molecule has 0 fully saturated rings. The van der Waals surface area contributed by atoms with Gasteiger partial charge in [0, 0.05) is 26.1 Å². The standard InChI is InChI=1S/C12H26N2O2/c1-4-13-8-6-11(16)14-10-12(2,3)7-5-9-15/h13,15H,4-10H2,1-3H3,(H,14,16). The highest BCUT2D eigenvalue weighted by Gasteiger charge is 2.17. The van der Waals surface area contributed by atoms with Crippen molar-refractivity contribution in [3.8, 4) is 0 Å². The topological polar surface area (TPSA) is 61.4 Å². The van der Waals surface area contributed by atoms with Crippen molar-refractivity contribution in [2.24, 2.45) is 5.41 Å². The van der Waals surface area contributed by atoms with Crippen molar-refractivity contribution in [1.29, 1.82) is 0 Å². The lowest BCUT2D eigenvalue weighted by Crippen LogP contribution is -2.35. The van der Waals surface area contributed by atoms with Crippen LogP contribution in [-0.2, 0) is 4.79 Å². The van der Waals surface area contributed by atoms with E-state index in [4.69, 9.17) is 5.11 Å². The van der Waals surface area contributed by atoms with Crippen LogP contribution in [0.1, 0.15) is 40.0 Å². The van der Waals surface area contributed by atoms with Gasteiger partial charge in [-0.05, 0) is 24.8 Å². The Kier molecular flexibility index (Phi) is 8.21. The maximum absolute atomic E-state index is 11.4. The van der Waals surface area contributed by atoms with Crippen LogP contribution in [0.4, 0.5) is 0 Å². The molecule has 0 aliphatic rings. The van der Waals surface area contributed by atoms with Gasteiger partial charge in [0.05, 0.1) is 0 Å². The number of hydrogen-bond donors (Lipinski definition) is 3. The Morgan fingerprint density at radius 1 is 1.38 bits per heavy atom. The molecule has 0 aromatic rings. The minimum absolute atomic E-state index is 0.0660. The molecule has 0 heterocycles. The first kappa shape index (κ1) is 15.4. The van der Waals surface area contributed by atoms with Gasteiger partial charge in [-0.3, -0.25) is 4.79 Å². The molecule has 0 bridgehead atoms. The van der Waals surface area contributed by atoms with Crippen molar-refractivity contribution in [2.45, 2.75) is 40.0 Å². The molecule has 0 saturated heterocycles. The zero-order valence-corrected chi connectivity index (χ0v) is 10.8. The first-order chi connectivity index (χ1) is 7.52. The molecule has 4 heteroatoms. The molecule has 0 saturated carbocycles. The van der Waals surface area contributed by atoms with Crippen molar-refractivity contribution >= 4 is 5.91 Å². The van der Waals surface area contributed by atoms with E-state index in [-0.39, 0.29) is 17.9 Å². The van der Waals surface area contributed by atoms with Gasteiger partial charge in [-0.15, -0.1) is 0 Å². The van der Waals surface area contributed by atoms with Gasteiger partial charge in [-0.25, -0.2) is 0 Å². The summed E-state index contributed by atoms with van der Waals surface area (Å²) in [6, 6.07) is 0. The minimum atomic E-state index is 0.0660. The Morgan fingerprint density at radius 3 is 2.62 bits per heavy atom. The Bertz CT molecular complexity index is 193. The van der Waals surface area contributed by atoms with Crippen LogP contribution in [0.3, 0.4) is 0 Å². The molecule has 1 amide bonds. The van der Waals surface area contributed by atoms with Crippen molar-refractivity contribution in [1.82, 2.24) is 10.6 Å². The minimum Gasteiger partial charge on any atom is -0.396 e. The quantitative estimate of drug-likeness (QED) is 0.516. The Hall–Kier alpha value is -0.610. The lowest BCUT2D eigenvalue weighted by atomic mass is 9.88. The molecule has 0 aromatic carbocycles. The first-order valence-electron chi connectivity index (χ1n) is 6.10. The van der Waals surface area contributed by atoms with Gasteiger partial charge in [0.15, 0.2) is 0 Å². The number of nitrogens with one attached hydrogen (secondary N) is 2. The van der Waals surface area contributed by atoms with Gasteiger partial charge in [0.2, 0.25) is 5.91 Å². The van der Waals surface area contributed by atoms with Gasteiger partial charge in [-0.1, -0.05) is 20.8 Å². The zero-order valence-electron chi connectivity index (χ0n) is 10.8. The molecule has 0 atom stereocenters. The largest absolute Gasteiger partial charge is 0.396 e. The second kappa shape index (κ2) is 8.53. The molecule has 96 valence electrons. The molecule has 0 rings (SSSR count). The molecule has 0 aliphatic heterocycles.